The summed E-state index contributed by atoms with van der Waals surface area (Å²) in [5, 5.41) is 9.23. The summed E-state index contributed by atoms with van der Waals surface area (Å²) in [5.41, 5.74) is 6.67. The Morgan fingerprint density at radius 1 is 1.25 bits per heavy atom. The fourth-order valence-electron chi connectivity index (χ4n) is 1.81. The molecule has 0 bridgehead atoms. The Kier molecular flexibility index (Phi) is 5.71. The van der Waals surface area contributed by atoms with Gasteiger partial charge in [0.2, 0.25) is 0 Å². The van der Waals surface area contributed by atoms with Crippen molar-refractivity contribution < 1.29 is 9.84 Å². The van der Waals surface area contributed by atoms with E-state index < -0.39 is 0 Å². The number of aliphatic hydroxyl groups is 1. The van der Waals surface area contributed by atoms with Crippen molar-refractivity contribution in [3.8, 4) is 0 Å². The van der Waals surface area contributed by atoms with Crippen molar-refractivity contribution in [3.63, 3.8) is 0 Å². The van der Waals surface area contributed by atoms with Gasteiger partial charge in [0.15, 0.2) is 0 Å². The number of methoxy groups -OCH3 is 1. The van der Waals surface area contributed by atoms with Crippen LogP contribution in [0.4, 0.5) is 11.6 Å². The maximum Gasteiger partial charge on any atom is 0.138 e. The third kappa shape index (κ3) is 4.05. The number of nitrogens with two attached hydrogens (primary N) is 1. The van der Waals surface area contributed by atoms with E-state index in [4.69, 9.17) is 10.5 Å². The van der Waals surface area contributed by atoms with Crippen molar-refractivity contribution in [2.45, 2.75) is 33.1 Å². The molecule has 3 N–H and O–H groups in total. The summed E-state index contributed by atoms with van der Waals surface area (Å²) in [6.45, 7) is 9.80. The number of nitrogens with zero attached hydrogens (tertiary/aromatic N) is 3. The molecule has 1 rings (SSSR count). The summed E-state index contributed by atoms with van der Waals surface area (Å²) in [5.74, 6) is 1.96. The van der Waals surface area contributed by atoms with Crippen LogP contribution in [0.15, 0.2) is 0 Å². The molecule has 0 aliphatic heterocycles. The number of aromatic nitrogens is 2. The second kappa shape index (κ2) is 6.85. The minimum absolute atomic E-state index is 0.0535. The highest BCUT2D eigenvalue weighted by molar-refractivity contribution is 5.56. The molecule has 114 valence electrons. The molecule has 1 aromatic heterocycles. The molecule has 0 spiro atoms. The monoisotopic (exact) mass is 282 g/mol. The SMILES string of the molecule is COCCN(CCO)c1nc(C(C)(C)C)nc(N)c1C. The van der Waals surface area contributed by atoms with Gasteiger partial charge in [-0.25, -0.2) is 9.97 Å². The molecule has 1 heterocycles. The lowest BCUT2D eigenvalue weighted by Crippen LogP contribution is -2.33. The first-order chi connectivity index (χ1) is 9.31. The highest BCUT2D eigenvalue weighted by Crippen LogP contribution is 2.26. The van der Waals surface area contributed by atoms with Crippen LogP contribution in [-0.2, 0) is 10.2 Å². The molecule has 6 heteroatoms. The minimum Gasteiger partial charge on any atom is -0.395 e. The first kappa shape index (κ1) is 16.7. The van der Waals surface area contributed by atoms with Crippen molar-refractivity contribution >= 4 is 11.6 Å². The number of hydrogen-bond acceptors (Lipinski definition) is 6. The van der Waals surface area contributed by atoms with Crippen LogP contribution in [0.25, 0.3) is 0 Å². The smallest absolute Gasteiger partial charge is 0.138 e. The van der Waals surface area contributed by atoms with E-state index in [1.165, 1.54) is 0 Å². The van der Waals surface area contributed by atoms with Gasteiger partial charge in [0.1, 0.15) is 17.5 Å². The molecule has 0 fully saturated rings. The minimum atomic E-state index is -0.178. The summed E-state index contributed by atoms with van der Waals surface area (Å²) in [4.78, 5) is 11.0. The van der Waals surface area contributed by atoms with Gasteiger partial charge in [0.05, 0.1) is 13.2 Å². The van der Waals surface area contributed by atoms with Crippen molar-refractivity contribution in [2.24, 2.45) is 0 Å². The van der Waals surface area contributed by atoms with Crippen LogP contribution in [0.2, 0.25) is 0 Å². The van der Waals surface area contributed by atoms with Crippen LogP contribution in [0.5, 0.6) is 0 Å². The van der Waals surface area contributed by atoms with E-state index in [1.807, 2.05) is 32.6 Å². The van der Waals surface area contributed by atoms with Gasteiger partial charge in [-0.05, 0) is 6.92 Å². The molecule has 0 unspecified atom stereocenters. The van der Waals surface area contributed by atoms with Gasteiger partial charge in [-0.2, -0.15) is 0 Å². The Morgan fingerprint density at radius 3 is 2.40 bits per heavy atom. The zero-order chi connectivity index (χ0) is 15.3. The number of anilines is 2. The highest BCUT2D eigenvalue weighted by atomic mass is 16.5. The lowest BCUT2D eigenvalue weighted by atomic mass is 9.95. The summed E-state index contributed by atoms with van der Waals surface area (Å²) < 4.78 is 5.11. The van der Waals surface area contributed by atoms with Crippen LogP contribution < -0.4 is 10.6 Å². The molecular weight excluding hydrogens is 256 g/mol. The molecule has 0 amide bonds. The van der Waals surface area contributed by atoms with Gasteiger partial charge in [-0.1, -0.05) is 20.8 Å². The number of hydrogen-bond donors (Lipinski definition) is 2. The summed E-state index contributed by atoms with van der Waals surface area (Å²) in [7, 11) is 1.65. The Morgan fingerprint density at radius 2 is 1.90 bits per heavy atom. The maximum absolute atomic E-state index is 9.23. The Hall–Kier alpha value is -1.40. The van der Waals surface area contributed by atoms with E-state index in [0.29, 0.717) is 31.3 Å². The van der Waals surface area contributed by atoms with Crippen LogP contribution >= 0.6 is 0 Å². The lowest BCUT2D eigenvalue weighted by Gasteiger charge is -2.27. The van der Waals surface area contributed by atoms with Gasteiger partial charge in [-0.3, -0.25) is 0 Å². The molecule has 0 saturated carbocycles. The average Bonchev–Trinajstić information content (AvgIpc) is 2.36. The van der Waals surface area contributed by atoms with Crippen molar-refractivity contribution in [3.05, 3.63) is 11.4 Å². The molecule has 20 heavy (non-hydrogen) atoms. The van der Waals surface area contributed by atoms with Gasteiger partial charge in [0.25, 0.3) is 0 Å². The third-order valence-corrected chi connectivity index (χ3v) is 3.06. The van der Waals surface area contributed by atoms with Crippen molar-refractivity contribution in [1.82, 2.24) is 9.97 Å². The summed E-state index contributed by atoms with van der Waals surface area (Å²) >= 11 is 0. The van der Waals surface area contributed by atoms with Crippen LogP contribution in [0, 0.1) is 6.92 Å². The molecule has 0 aliphatic carbocycles. The Balaban J connectivity index is 3.21. The Bertz CT molecular complexity index is 444. The third-order valence-electron chi connectivity index (χ3n) is 3.06. The quantitative estimate of drug-likeness (QED) is 0.813. The van der Waals surface area contributed by atoms with E-state index in [2.05, 4.69) is 9.97 Å². The first-order valence-corrected chi connectivity index (χ1v) is 6.80. The van der Waals surface area contributed by atoms with Crippen LogP contribution in [0.3, 0.4) is 0 Å². The predicted molar refractivity (Wildman–Crippen MR) is 81.1 cm³/mol. The summed E-state index contributed by atoms with van der Waals surface area (Å²) in [6.07, 6.45) is 0. The highest BCUT2D eigenvalue weighted by Gasteiger charge is 2.22. The van der Waals surface area contributed by atoms with Gasteiger partial charge in [-0.15, -0.1) is 0 Å². The fourth-order valence-corrected chi connectivity index (χ4v) is 1.81. The molecule has 0 saturated heterocycles. The normalized spacial score (nSPS) is 11.7. The largest absolute Gasteiger partial charge is 0.395 e. The van der Waals surface area contributed by atoms with Crippen LogP contribution in [-0.4, -0.2) is 48.5 Å². The lowest BCUT2D eigenvalue weighted by molar-refractivity contribution is 0.202. The van der Waals surface area contributed by atoms with E-state index in [9.17, 15) is 5.11 Å². The second-order valence-electron chi connectivity index (χ2n) is 5.83. The standard InChI is InChI=1S/C14H26N4O2/c1-10-11(15)16-13(14(2,3)4)17-12(10)18(6-8-19)7-9-20-5/h19H,6-9H2,1-5H3,(H2,15,16,17). The molecule has 0 atom stereocenters. The molecular formula is C14H26N4O2. The van der Waals surface area contributed by atoms with E-state index in [-0.39, 0.29) is 12.0 Å². The maximum atomic E-state index is 9.23. The van der Waals surface area contributed by atoms with Crippen LogP contribution in [0.1, 0.15) is 32.2 Å². The summed E-state index contributed by atoms with van der Waals surface area (Å²) in [6, 6.07) is 0. The molecule has 0 radical (unpaired) electrons. The predicted octanol–water partition coefficient (Wildman–Crippen LogP) is 1.11. The van der Waals surface area contributed by atoms with Crippen molar-refractivity contribution in [2.75, 3.05) is 44.0 Å². The second-order valence-corrected chi connectivity index (χ2v) is 5.83. The number of rotatable bonds is 6. The van der Waals surface area contributed by atoms with Crippen molar-refractivity contribution in [1.29, 1.82) is 0 Å². The Labute approximate surface area is 121 Å². The number of ether oxygens (including phenoxy) is 1. The van der Waals surface area contributed by atoms with E-state index in [0.717, 1.165) is 11.4 Å². The zero-order valence-electron chi connectivity index (χ0n) is 13.1. The number of nitrogen functional groups attached to an aromatic ring is 1. The van der Waals surface area contributed by atoms with E-state index >= 15 is 0 Å². The van der Waals surface area contributed by atoms with Gasteiger partial charge < -0.3 is 20.5 Å². The fraction of sp³-hybridized carbons (Fsp3) is 0.714. The van der Waals surface area contributed by atoms with Gasteiger partial charge >= 0.3 is 0 Å². The average molecular weight is 282 g/mol. The number of aliphatic hydroxyl groups excluding tert-OH is 1. The molecule has 0 aromatic carbocycles. The molecule has 6 nitrogen and oxygen atoms in total. The van der Waals surface area contributed by atoms with Gasteiger partial charge in [0, 0.05) is 31.2 Å². The molecule has 1 aromatic rings. The first-order valence-electron chi connectivity index (χ1n) is 6.80. The molecule has 0 aliphatic rings. The topological polar surface area (TPSA) is 84.5 Å². The zero-order valence-corrected chi connectivity index (χ0v) is 13.1. The van der Waals surface area contributed by atoms with E-state index in [1.54, 1.807) is 7.11 Å².